The summed E-state index contributed by atoms with van der Waals surface area (Å²) < 4.78 is 0. The summed E-state index contributed by atoms with van der Waals surface area (Å²) in [5, 5.41) is 1.06. The molecule has 0 aliphatic carbocycles. The van der Waals surface area contributed by atoms with Crippen LogP contribution in [0.2, 0.25) is 10.0 Å². The Hall–Kier alpha value is -2.12. The van der Waals surface area contributed by atoms with Crippen molar-refractivity contribution in [1.29, 1.82) is 0 Å². The highest BCUT2D eigenvalue weighted by atomic mass is 35.5. The number of thioether (sulfide) groups is 2. The van der Waals surface area contributed by atoms with E-state index < -0.39 is 0 Å². The van der Waals surface area contributed by atoms with Gasteiger partial charge in [-0.1, -0.05) is 59.6 Å². The molecule has 0 spiro atoms. The number of halogens is 2. The lowest BCUT2D eigenvalue weighted by Gasteiger charge is -2.27. The van der Waals surface area contributed by atoms with Crippen LogP contribution in [0.4, 0.5) is 11.4 Å². The fourth-order valence-corrected chi connectivity index (χ4v) is 6.89. The summed E-state index contributed by atoms with van der Waals surface area (Å²) in [6, 6.07) is 19.7. The number of aryl methyl sites for hydroxylation is 2. The number of rotatable bonds is 4. The Bertz CT molecular complexity index is 1180. The number of carbonyl (C=O) groups excluding carboxylic acids is 2. The Balaban J connectivity index is 1.42. The van der Waals surface area contributed by atoms with E-state index in [0.29, 0.717) is 21.6 Å². The minimum absolute atomic E-state index is 0.0679. The molecule has 2 atom stereocenters. The van der Waals surface area contributed by atoms with E-state index >= 15 is 0 Å². The molecule has 2 aliphatic heterocycles. The highest BCUT2D eigenvalue weighted by Gasteiger charge is 2.36. The van der Waals surface area contributed by atoms with Gasteiger partial charge in [-0.3, -0.25) is 19.4 Å². The predicted octanol–water partition coefficient (Wildman–Crippen LogP) is 7.17. The number of anilines is 2. The van der Waals surface area contributed by atoms with Gasteiger partial charge in [0.2, 0.25) is 11.8 Å². The molecule has 2 amide bonds. The molecule has 0 N–H and O–H groups in total. The number of hydrogen-bond donors (Lipinski definition) is 0. The fraction of sp³-hybridized carbons (Fsp3) is 0.231. The van der Waals surface area contributed by atoms with Crippen LogP contribution in [-0.4, -0.2) is 23.3 Å². The van der Waals surface area contributed by atoms with Crippen molar-refractivity contribution in [1.82, 2.24) is 0 Å². The third-order valence-electron chi connectivity index (χ3n) is 6.11. The van der Waals surface area contributed by atoms with Crippen LogP contribution in [0.25, 0.3) is 0 Å². The lowest BCUT2D eigenvalue weighted by Crippen LogP contribution is -2.28. The van der Waals surface area contributed by atoms with Crippen LogP contribution < -0.4 is 9.80 Å². The van der Waals surface area contributed by atoms with Crippen molar-refractivity contribution < 1.29 is 9.59 Å². The molecule has 0 aromatic heterocycles. The molecule has 34 heavy (non-hydrogen) atoms. The molecule has 0 radical (unpaired) electrons. The van der Waals surface area contributed by atoms with E-state index in [0.717, 1.165) is 33.6 Å². The zero-order valence-electron chi connectivity index (χ0n) is 18.6. The van der Waals surface area contributed by atoms with Gasteiger partial charge in [0.05, 0.1) is 11.5 Å². The third-order valence-corrected chi connectivity index (χ3v) is 9.35. The Morgan fingerprint density at radius 1 is 0.676 bits per heavy atom. The maximum absolute atomic E-state index is 12.7. The average molecular weight is 530 g/mol. The zero-order chi connectivity index (χ0) is 24.0. The monoisotopic (exact) mass is 528 g/mol. The first-order valence-electron chi connectivity index (χ1n) is 10.8. The van der Waals surface area contributed by atoms with Gasteiger partial charge in [-0.05, 0) is 60.4 Å². The van der Waals surface area contributed by atoms with E-state index in [-0.39, 0.29) is 22.6 Å². The molecular weight excluding hydrogens is 507 g/mol. The summed E-state index contributed by atoms with van der Waals surface area (Å²) in [4.78, 5) is 29.1. The molecule has 0 bridgehead atoms. The van der Waals surface area contributed by atoms with Gasteiger partial charge in [0.1, 0.15) is 10.7 Å². The van der Waals surface area contributed by atoms with Crippen molar-refractivity contribution in [2.24, 2.45) is 0 Å². The SMILES string of the molecule is Cc1ccc(N2C(=O)CSC2c2ccc(C3SCC(=O)N3c3ccc(C)c(Cl)c3)cc2)cc1Cl. The van der Waals surface area contributed by atoms with Crippen LogP contribution in [0, 0.1) is 13.8 Å². The van der Waals surface area contributed by atoms with E-state index in [2.05, 4.69) is 24.3 Å². The van der Waals surface area contributed by atoms with E-state index in [4.69, 9.17) is 23.2 Å². The van der Waals surface area contributed by atoms with E-state index in [1.54, 1.807) is 23.5 Å². The minimum Gasteiger partial charge on any atom is -0.295 e. The van der Waals surface area contributed by atoms with E-state index in [1.165, 1.54) is 0 Å². The van der Waals surface area contributed by atoms with Gasteiger partial charge in [0, 0.05) is 21.4 Å². The zero-order valence-corrected chi connectivity index (χ0v) is 21.8. The molecule has 8 heteroatoms. The Kier molecular flexibility index (Phi) is 6.60. The van der Waals surface area contributed by atoms with Gasteiger partial charge < -0.3 is 0 Å². The Labute approximate surface area is 217 Å². The smallest absolute Gasteiger partial charge is 0.238 e. The van der Waals surface area contributed by atoms with Crippen LogP contribution in [-0.2, 0) is 9.59 Å². The van der Waals surface area contributed by atoms with Gasteiger partial charge in [-0.15, -0.1) is 23.5 Å². The fourth-order valence-electron chi connectivity index (χ4n) is 4.19. The highest BCUT2D eigenvalue weighted by molar-refractivity contribution is 8.01. The van der Waals surface area contributed by atoms with Crippen molar-refractivity contribution in [3.05, 3.63) is 93.0 Å². The molecule has 3 aromatic carbocycles. The topological polar surface area (TPSA) is 40.6 Å². The number of benzene rings is 3. The predicted molar refractivity (Wildman–Crippen MR) is 144 cm³/mol. The highest BCUT2D eigenvalue weighted by Crippen LogP contribution is 2.45. The molecule has 4 nitrogen and oxygen atoms in total. The first kappa shape index (κ1) is 23.6. The lowest BCUT2D eigenvalue weighted by molar-refractivity contribution is -0.116. The molecule has 2 heterocycles. The first-order valence-corrected chi connectivity index (χ1v) is 13.7. The third kappa shape index (κ3) is 4.33. The molecular formula is C26H22Cl2N2O2S2. The molecule has 2 aliphatic rings. The number of amides is 2. The molecule has 2 unspecified atom stereocenters. The van der Waals surface area contributed by atoms with Gasteiger partial charge in [0.25, 0.3) is 0 Å². The van der Waals surface area contributed by atoms with Gasteiger partial charge in [-0.2, -0.15) is 0 Å². The summed E-state index contributed by atoms with van der Waals surface area (Å²) >= 11 is 15.9. The molecule has 2 saturated heterocycles. The second-order valence-electron chi connectivity index (χ2n) is 8.39. The summed E-state index contributed by atoms with van der Waals surface area (Å²) in [5.74, 6) is 0.983. The second kappa shape index (κ2) is 9.50. The quantitative estimate of drug-likeness (QED) is 0.359. The van der Waals surface area contributed by atoms with Crippen molar-refractivity contribution in [2.45, 2.75) is 24.6 Å². The largest absolute Gasteiger partial charge is 0.295 e. The van der Waals surface area contributed by atoms with Crippen molar-refractivity contribution in [3.8, 4) is 0 Å². The lowest BCUT2D eigenvalue weighted by atomic mass is 10.1. The van der Waals surface area contributed by atoms with E-state index in [9.17, 15) is 9.59 Å². The molecule has 3 aromatic rings. The van der Waals surface area contributed by atoms with Crippen LogP contribution in [0.15, 0.2) is 60.7 Å². The normalized spacial score (nSPS) is 20.5. The van der Waals surface area contributed by atoms with Crippen LogP contribution >= 0.6 is 46.7 Å². The van der Waals surface area contributed by atoms with E-state index in [1.807, 2.05) is 60.0 Å². The average Bonchev–Trinajstić information content (AvgIpc) is 3.40. The molecule has 174 valence electrons. The van der Waals surface area contributed by atoms with Gasteiger partial charge in [0.15, 0.2) is 0 Å². The van der Waals surface area contributed by atoms with Crippen LogP contribution in [0.5, 0.6) is 0 Å². The summed E-state index contributed by atoms with van der Waals surface area (Å²) in [6.07, 6.45) is 0. The van der Waals surface area contributed by atoms with Crippen molar-refractivity contribution in [2.75, 3.05) is 21.3 Å². The number of carbonyl (C=O) groups is 2. The van der Waals surface area contributed by atoms with Crippen LogP contribution in [0.3, 0.4) is 0 Å². The van der Waals surface area contributed by atoms with Crippen molar-refractivity contribution >= 4 is 69.9 Å². The molecule has 0 saturated carbocycles. The number of hydrogen-bond acceptors (Lipinski definition) is 4. The molecule has 5 rings (SSSR count). The maximum Gasteiger partial charge on any atom is 0.238 e. The van der Waals surface area contributed by atoms with Crippen LogP contribution in [0.1, 0.15) is 33.0 Å². The van der Waals surface area contributed by atoms with Gasteiger partial charge in [-0.25, -0.2) is 0 Å². The first-order chi connectivity index (χ1) is 16.3. The maximum atomic E-state index is 12.7. The Morgan fingerprint density at radius 3 is 1.41 bits per heavy atom. The number of nitrogens with zero attached hydrogens (tertiary/aromatic N) is 2. The standard InChI is InChI=1S/C26H22Cl2N2O2S2/c1-15-3-9-19(11-21(15)27)29-23(31)13-33-25(29)17-5-7-18(8-6-17)26-30(24(32)14-34-26)20-10-4-16(2)22(28)12-20/h3-12,25-26H,13-14H2,1-2H3. The van der Waals surface area contributed by atoms with Gasteiger partial charge >= 0.3 is 0 Å². The van der Waals surface area contributed by atoms with Crippen molar-refractivity contribution in [3.63, 3.8) is 0 Å². The minimum atomic E-state index is -0.120. The summed E-state index contributed by atoms with van der Waals surface area (Å²) in [6.45, 7) is 3.89. The second-order valence-corrected chi connectivity index (χ2v) is 11.3. The summed E-state index contributed by atoms with van der Waals surface area (Å²) in [5.41, 5.74) is 5.64. The Morgan fingerprint density at radius 2 is 1.06 bits per heavy atom. The summed E-state index contributed by atoms with van der Waals surface area (Å²) in [7, 11) is 0. The molecule has 2 fully saturated rings.